The molecule has 3 aromatic rings. The van der Waals surface area contributed by atoms with E-state index in [0.717, 1.165) is 23.2 Å². The van der Waals surface area contributed by atoms with Crippen LogP contribution >= 0.6 is 11.8 Å². The van der Waals surface area contributed by atoms with Crippen molar-refractivity contribution in [2.45, 2.75) is 50.1 Å². The molecule has 1 heterocycles. The topological polar surface area (TPSA) is 64.0 Å². The first kappa shape index (κ1) is 22.8. The van der Waals surface area contributed by atoms with E-state index in [2.05, 4.69) is 12.2 Å². The summed E-state index contributed by atoms with van der Waals surface area (Å²) in [6.45, 7) is 4.41. The van der Waals surface area contributed by atoms with Gasteiger partial charge < -0.3 is 5.32 Å². The fourth-order valence-corrected chi connectivity index (χ4v) is 4.60. The second kappa shape index (κ2) is 11.0. The quantitative estimate of drug-likeness (QED) is 0.403. The Kier molecular flexibility index (Phi) is 8.06. The lowest BCUT2D eigenvalue weighted by atomic mass is 10.1. The Morgan fingerprint density at radius 2 is 1.68 bits per heavy atom. The maximum atomic E-state index is 13.0. The first-order chi connectivity index (χ1) is 15.0. The molecule has 162 valence electrons. The van der Waals surface area contributed by atoms with Crippen LogP contribution in [0.3, 0.4) is 0 Å². The van der Waals surface area contributed by atoms with Crippen LogP contribution in [0.25, 0.3) is 0 Å². The highest BCUT2D eigenvalue weighted by Gasteiger charge is 2.22. The number of thioether (sulfide) groups is 1. The van der Waals surface area contributed by atoms with Gasteiger partial charge >= 0.3 is 0 Å². The van der Waals surface area contributed by atoms with Gasteiger partial charge in [0, 0.05) is 31.3 Å². The van der Waals surface area contributed by atoms with E-state index in [1.54, 1.807) is 11.6 Å². The van der Waals surface area contributed by atoms with Crippen molar-refractivity contribution in [3.63, 3.8) is 0 Å². The van der Waals surface area contributed by atoms with Crippen LogP contribution in [-0.4, -0.2) is 20.7 Å². The zero-order valence-electron chi connectivity index (χ0n) is 18.3. The molecular weight excluding hydrogens is 406 g/mol. The summed E-state index contributed by atoms with van der Waals surface area (Å²) in [6, 6.07) is 19.8. The molecule has 5 nitrogen and oxygen atoms in total. The molecule has 0 aliphatic carbocycles. The number of hydrogen-bond donors (Lipinski definition) is 1. The summed E-state index contributed by atoms with van der Waals surface area (Å²) in [5, 5.41) is 3.30. The maximum absolute atomic E-state index is 13.0. The number of hydrogen-bond acceptors (Lipinski definition) is 4. The van der Waals surface area contributed by atoms with Crippen LogP contribution in [0.15, 0.2) is 70.6 Å². The molecule has 3 rings (SSSR count). The minimum atomic E-state index is -0.300. The van der Waals surface area contributed by atoms with Crippen molar-refractivity contribution < 1.29 is 4.79 Å². The zero-order chi connectivity index (χ0) is 22.2. The number of benzene rings is 2. The molecule has 0 saturated heterocycles. The molecule has 0 aliphatic rings. The van der Waals surface area contributed by atoms with E-state index in [1.165, 1.54) is 11.8 Å². The van der Waals surface area contributed by atoms with Crippen molar-refractivity contribution in [2.24, 2.45) is 7.05 Å². The van der Waals surface area contributed by atoms with Gasteiger partial charge in [0.25, 0.3) is 5.56 Å². The lowest BCUT2D eigenvalue weighted by molar-refractivity contribution is -0.120. The van der Waals surface area contributed by atoms with E-state index in [4.69, 9.17) is 4.98 Å². The second-order valence-corrected chi connectivity index (χ2v) is 8.75. The smallest absolute Gasteiger partial charge is 0.257 e. The summed E-state index contributed by atoms with van der Waals surface area (Å²) in [7, 11) is 1.73. The molecule has 0 saturated carbocycles. The predicted molar refractivity (Wildman–Crippen MR) is 126 cm³/mol. The molecular formula is C25H29N3O2S. The van der Waals surface area contributed by atoms with Crippen molar-refractivity contribution in [3.05, 3.63) is 93.4 Å². The van der Waals surface area contributed by atoms with Crippen LogP contribution in [0.4, 0.5) is 0 Å². The molecule has 31 heavy (non-hydrogen) atoms. The van der Waals surface area contributed by atoms with E-state index in [1.807, 2.05) is 67.6 Å². The van der Waals surface area contributed by atoms with E-state index in [0.29, 0.717) is 30.1 Å². The van der Waals surface area contributed by atoms with E-state index >= 15 is 0 Å². The van der Waals surface area contributed by atoms with E-state index in [-0.39, 0.29) is 16.7 Å². The minimum Gasteiger partial charge on any atom is -0.351 e. The van der Waals surface area contributed by atoms with Crippen molar-refractivity contribution in [1.82, 2.24) is 14.9 Å². The molecule has 1 aromatic heterocycles. The Morgan fingerprint density at radius 3 is 2.29 bits per heavy atom. The van der Waals surface area contributed by atoms with Crippen LogP contribution in [0.5, 0.6) is 0 Å². The third-order valence-corrected chi connectivity index (χ3v) is 6.48. The Hall–Kier alpha value is -2.86. The highest BCUT2D eigenvalue weighted by atomic mass is 32.2. The minimum absolute atomic E-state index is 0.0315. The molecule has 6 heteroatoms. The Morgan fingerprint density at radius 1 is 1.06 bits per heavy atom. The maximum Gasteiger partial charge on any atom is 0.257 e. The van der Waals surface area contributed by atoms with E-state index in [9.17, 15) is 9.59 Å². The highest BCUT2D eigenvalue weighted by Crippen LogP contribution is 2.25. The first-order valence-electron chi connectivity index (χ1n) is 10.6. The monoisotopic (exact) mass is 435 g/mol. The lowest BCUT2D eigenvalue weighted by Crippen LogP contribution is -2.33. The van der Waals surface area contributed by atoms with Crippen LogP contribution in [0.1, 0.15) is 42.1 Å². The van der Waals surface area contributed by atoms with Gasteiger partial charge in [0.1, 0.15) is 0 Å². The van der Waals surface area contributed by atoms with Crippen molar-refractivity contribution in [1.29, 1.82) is 0 Å². The first-order valence-corrected chi connectivity index (χ1v) is 11.5. The number of aromatic nitrogens is 2. The summed E-state index contributed by atoms with van der Waals surface area (Å²) < 4.78 is 1.57. The molecule has 1 atom stereocenters. The molecule has 0 radical (unpaired) electrons. The van der Waals surface area contributed by atoms with Gasteiger partial charge in [-0.15, -0.1) is 0 Å². The van der Waals surface area contributed by atoms with E-state index < -0.39 is 0 Å². The van der Waals surface area contributed by atoms with Gasteiger partial charge in [-0.1, -0.05) is 85.8 Å². The molecule has 0 bridgehead atoms. The van der Waals surface area contributed by atoms with Gasteiger partial charge in [-0.25, -0.2) is 4.98 Å². The molecule has 1 N–H and O–H groups in total. The Labute approximate surface area is 187 Å². The van der Waals surface area contributed by atoms with Gasteiger partial charge in [-0.3, -0.25) is 14.2 Å². The Balaban J connectivity index is 1.76. The molecule has 0 fully saturated rings. The molecule has 1 amide bonds. The van der Waals surface area contributed by atoms with Crippen molar-refractivity contribution in [2.75, 3.05) is 0 Å². The summed E-state index contributed by atoms with van der Waals surface area (Å²) >= 11 is 1.37. The van der Waals surface area contributed by atoms with Crippen LogP contribution in [0.2, 0.25) is 0 Å². The molecule has 0 spiro atoms. The average Bonchev–Trinajstić information content (AvgIpc) is 2.79. The fraction of sp³-hybridized carbons (Fsp3) is 0.320. The van der Waals surface area contributed by atoms with Crippen LogP contribution < -0.4 is 10.9 Å². The molecule has 0 aliphatic heterocycles. The largest absolute Gasteiger partial charge is 0.351 e. The summed E-state index contributed by atoms with van der Waals surface area (Å²) in [6.07, 6.45) is 2.13. The fourth-order valence-electron chi connectivity index (χ4n) is 3.37. The zero-order valence-corrected chi connectivity index (χ0v) is 19.1. The number of carbonyl (C=O) groups is 1. The number of nitrogens with one attached hydrogen (secondary N) is 1. The number of amides is 1. The summed E-state index contributed by atoms with van der Waals surface area (Å²) in [4.78, 5) is 30.6. The second-order valence-electron chi connectivity index (χ2n) is 7.58. The summed E-state index contributed by atoms with van der Waals surface area (Å²) in [5.74, 6) is -0.0315. The third kappa shape index (κ3) is 6.07. The number of rotatable bonds is 9. The van der Waals surface area contributed by atoms with Gasteiger partial charge in [-0.2, -0.15) is 0 Å². The van der Waals surface area contributed by atoms with Gasteiger partial charge in [-0.05, 0) is 24.5 Å². The summed E-state index contributed by atoms with van der Waals surface area (Å²) in [5.41, 5.74) is 3.49. The number of carbonyl (C=O) groups excluding carboxylic acids is 1. The van der Waals surface area contributed by atoms with Crippen LogP contribution in [-0.2, 0) is 24.8 Å². The van der Waals surface area contributed by atoms with Gasteiger partial charge in [0.2, 0.25) is 5.91 Å². The number of aryl methyl sites for hydroxylation is 1. The average molecular weight is 436 g/mol. The Bertz CT molecular complexity index is 1070. The third-order valence-electron chi connectivity index (χ3n) is 5.17. The standard InChI is InChI=1S/C25H29N3O2S/c1-4-11-22(23(29)26-17-20-14-9-6-10-15-20)31-25-27-18(2)21(24(30)28(25)3)16-19-12-7-5-8-13-19/h5-10,12-15,22H,4,11,16-17H2,1-3H3,(H,26,29). The van der Waals surface area contributed by atoms with Crippen LogP contribution in [0, 0.1) is 6.92 Å². The van der Waals surface area contributed by atoms with Gasteiger partial charge in [0.05, 0.1) is 5.25 Å². The predicted octanol–water partition coefficient (Wildman–Crippen LogP) is 4.26. The van der Waals surface area contributed by atoms with Gasteiger partial charge in [0.15, 0.2) is 5.16 Å². The normalized spacial score (nSPS) is 11.8. The highest BCUT2D eigenvalue weighted by molar-refractivity contribution is 8.00. The van der Waals surface area contributed by atoms with Crippen molar-refractivity contribution in [3.8, 4) is 0 Å². The molecule has 2 aromatic carbocycles. The molecule has 1 unspecified atom stereocenters. The number of nitrogens with zero attached hydrogens (tertiary/aromatic N) is 2. The SMILES string of the molecule is CCCC(Sc1nc(C)c(Cc2ccccc2)c(=O)n1C)C(=O)NCc1ccccc1. The lowest BCUT2D eigenvalue weighted by Gasteiger charge is -2.18. The van der Waals surface area contributed by atoms with Crippen molar-refractivity contribution >= 4 is 17.7 Å².